The zero-order valence-electron chi connectivity index (χ0n) is 8.52. The molecular formula is C10H13BrN2OS. The Balaban J connectivity index is 2.12. The maximum Gasteiger partial charge on any atom is 0.265 e. The van der Waals surface area contributed by atoms with E-state index in [0.717, 1.165) is 24.3 Å². The van der Waals surface area contributed by atoms with Gasteiger partial charge in [-0.2, -0.15) is 0 Å². The quantitative estimate of drug-likeness (QED) is 0.744. The Morgan fingerprint density at radius 2 is 2.47 bits per heavy atom. The lowest BCUT2D eigenvalue weighted by Gasteiger charge is -2.35. The zero-order chi connectivity index (χ0) is 10.8. The van der Waals surface area contributed by atoms with Crippen LogP contribution in [0.1, 0.15) is 29.4 Å². The lowest BCUT2D eigenvalue weighted by molar-refractivity contribution is 0.0649. The minimum Gasteiger partial charge on any atom is -0.334 e. The van der Waals surface area contributed by atoms with Crippen molar-refractivity contribution in [3.8, 4) is 0 Å². The van der Waals surface area contributed by atoms with Crippen LogP contribution in [0.2, 0.25) is 0 Å². The van der Waals surface area contributed by atoms with Crippen LogP contribution in [0.25, 0.3) is 0 Å². The molecule has 0 N–H and O–H groups in total. The fraction of sp³-hybridized carbons (Fsp3) is 0.600. The molecule has 0 aromatic carbocycles. The average molecular weight is 289 g/mol. The van der Waals surface area contributed by atoms with Gasteiger partial charge in [0.05, 0.1) is 11.7 Å². The largest absolute Gasteiger partial charge is 0.334 e. The summed E-state index contributed by atoms with van der Waals surface area (Å²) in [5.41, 5.74) is 1.70. The van der Waals surface area contributed by atoms with Crippen LogP contribution in [0.5, 0.6) is 0 Å². The SMILES string of the molecule is CC1CCC(Br)CN1C(=O)c1cncs1. The molecule has 82 valence electrons. The summed E-state index contributed by atoms with van der Waals surface area (Å²) in [6.07, 6.45) is 3.87. The number of carbonyl (C=O) groups excluding carboxylic acids is 1. The Hall–Kier alpha value is -0.420. The summed E-state index contributed by atoms with van der Waals surface area (Å²) in [5, 5.41) is 0. The van der Waals surface area contributed by atoms with Crippen LogP contribution in [0.4, 0.5) is 0 Å². The van der Waals surface area contributed by atoms with Gasteiger partial charge in [-0.15, -0.1) is 11.3 Å². The molecule has 0 spiro atoms. The van der Waals surface area contributed by atoms with Gasteiger partial charge < -0.3 is 4.90 Å². The lowest BCUT2D eigenvalue weighted by atomic mass is 10.0. The summed E-state index contributed by atoms with van der Waals surface area (Å²) in [4.78, 5) is 19.1. The first-order valence-electron chi connectivity index (χ1n) is 5.02. The van der Waals surface area contributed by atoms with Crippen LogP contribution in [0, 0.1) is 0 Å². The molecule has 0 bridgehead atoms. The summed E-state index contributed by atoms with van der Waals surface area (Å²) >= 11 is 4.99. The number of aromatic nitrogens is 1. The van der Waals surface area contributed by atoms with Crippen molar-refractivity contribution >= 4 is 33.2 Å². The van der Waals surface area contributed by atoms with Gasteiger partial charge in [0.15, 0.2) is 0 Å². The summed E-state index contributed by atoms with van der Waals surface area (Å²) in [7, 11) is 0. The van der Waals surface area contributed by atoms with Gasteiger partial charge in [0.1, 0.15) is 4.88 Å². The van der Waals surface area contributed by atoms with Crippen LogP contribution in [0.3, 0.4) is 0 Å². The standard InChI is InChI=1S/C10H13BrN2OS/c1-7-2-3-8(11)5-13(7)10(14)9-4-12-6-15-9/h4,6-8H,2-3,5H2,1H3. The first kappa shape index (κ1) is 11.1. The summed E-state index contributed by atoms with van der Waals surface area (Å²) < 4.78 is 0. The number of nitrogens with zero attached hydrogens (tertiary/aromatic N) is 2. The van der Waals surface area contributed by atoms with Crippen LogP contribution < -0.4 is 0 Å². The van der Waals surface area contributed by atoms with E-state index in [0.29, 0.717) is 10.9 Å². The van der Waals surface area contributed by atoms with E-state index >= 15 is 0 Å². The Morgan fingerprint density at radius 3 is 3.13 bits per heavy atom. The maximum atomic E-state index is 12.1. The molecule has 3 nitrogen and oxygen atoms in total. The van der Waals surface area contributed by atoms with Crippen molar-refractivity contribution in [1.82, 2.24) is 9.88 Å². The maximum absolute atomic E-state index is 12.1. The second-order valence-corrected chi connectivity index (χ2v) is 6.03. The zero-order valence-corrected chi connectivity index (χ0v) is 10.9. The van der Waals surface area contributed by atoms with Crippen molar-refractivity contribution in [3.63, 3.8) is 0 Å². The number of hydrogen-bond acceptors (Lipinski definition) is 3. The number of piperidine rings is 1. The van der Waals surface area contributed by atoms with E-state index in [9.17, 15) is 4.79 Å². The van der Waals surface area contributed by atoms with E-state index in [1.54, 1.807) is 11.7 Å². The third kappa shape index (κ3) is 2.39. The van der Waals surface area contributed by atoms with E-state index < -0.39 is 0 Å². The highest BCUT2D eigenvalue weighted by Crippen LogP contribution is 2.24. The Morgan fingerprint density at radius 1 is 1.67 bits per heavy atom. The molecule has 0 radical (unpaired) electrons. The molecule has 1 aliphatic rings. The molecule has 1 aromatic rings. The third-order valence-corrected chi connectivity index (χ3v) is 4.24. The predicted molar refractivity (Wildman–Crippen MR) is 64.6 cm³/mol. The molecule has 2 atom stereocenters. The smallest absolute Gasteiger partial charge is 0.265 e. The van der Waals surface area contributed by atoms with Crippen LogP contribution in [0.15, 0.2) is 11.7 Å². The summed E-state index contributed by atoms with van der Waals surface area (Å²) in [6, 6.07) is 0.341. The molecule has 0 saturated carbocycles. The number of rotatable bonds is 1. The molecule has 1 saturated heterocycles. The topological polar surface area (TPSA) is 33.2 Å². The normalized spacial score (nSPS) is 26.7. The second-order valence-electron chi connectivity index (χ2n) is 3.85. The van der Waals surface area contributed by atoms with Gasteiger partial charge in [-0.3, -0.25) is 9.78 Å². The molecule has 5 heteroatoms. The second kappa shape index (κ2) is 4.61. The molecule has 1 aromatic heterocycles. The first-order chi connectivity index (χ1) is 7.18. The molecule has 2 heterocycles. The molecule has 2 unspecified atom stereocenters. The van der Waals surface area contributed by atoms with E-state index in [-0.39, 0.29) is 5.91 Å². The summed E-state index contributed by atoms with van der Waals surface area (Å²) in [5.74, 6) is 0.120. The minimum absolute atomic E-state index is 0.120. The van der Waals surface area contributed by atoms with Crippen LogP contribution in [-0.2, 0) is 0 Å². The first-order valence-corrected chi connectivity index (χ1v) is 6.81. The molecule has 1 fully saturated rings. The Kier molecular flexibility index (Phi) is 3.41. The van der Waals surface area contributed by atoms with Crippen molar-refractivity contribution in [1.29, 1.82) is 0 Å². The van der Waals surface area contributed by atoms with Crippen LogP contribution >= 0.6 is 27.3 Å². The molecule has 1 amide bonds. The van der Waals surface area contributed by atoms with E-state index in [1.165, 1.54) is 11.3 Å². The fourth-order valence-electron chi connectivity index (χ4n) is 1.81. The highest BCUT2D eigenvalue weighted by Gasteiger charge is 2.28. The highest BCUT2D eigenvalue weighted by atomic mass is 79.9. The van der Waals surface area contributed by atoms with E-state index in [4.69, 9.17) is 0 Å². The number of amides is 1. The van der Waals surface area contributed by atoms with Gasteiger partial charge in [0.25, 0.3) is 5.91 Å². The van der Waals surface area contributed by atoms with Crippen molar-refractivity contribution in [2.45, 2.75) is 30.6 Å². The van der Waals surface area contributed by atoms with Gasteiger partial charge in [-0.05, 0) is 19.8 Å². The number of carbonyl (C=O) groups is 1. The molecule has 0 aliphatic carbocycles. The van der Waals surface area contributed by atoms with Crippen LogP contribution in [-0.4, -0.2) is 33.2 Å². The number of halogens is 1. The van der Waals surface area contributed by atoms with Crippen molar-refractivity contribution in [2.24, 2.45) is 0 Å². The fourth-order valence-corrected chi connectivity index (χ4v) is 2.96. The highest BCUT2D eigenvalue weighted by molar-refractivity contribution is 9.09. The number of alkyl halides is 1. The van der Waals surface area contributed by atoms with Gasteiger partial charge in [-0.1, -0.05) is 15.9 Å². The predicted octanol–water partition coefficient (Wildman–Crippen LogP) is 2.53. The number of likely N-dealkylation sites (tertiary alicyclic amines) is 1. The summed E-state index contributed by atoms with van der Waals surface area (Å²) in [6.45, 7) is 2.91. The average Bonchev–Trinajstić information content (AvgIpc) is 2.74. The molecular weight excluding hydrogens is 276 g/mol. The Labute approximate surface area is 102 Å². The molecule has 1 aliphatic heterocycles. The van der Waals surface area contributed by atoms with Gasteiger partial charge in [0, 0.05) is 17.4 Å². The molecule has 15 heavy (non-hydrogen) atoms. The minimum atomic E-state index is 0.120. The van der Waals surface area contributed by atoms with E-state index in [2.05, 4.69) is 27.8 Å². The monoisotopic (exact) mass is 288 g/mol. The van der Waals surface area contributed by atoms with Gasteiger partial charge in [0.2, 0.25) is 0 Å². The van der Waals surface area contributed by atoms with Gasteiger partial charge in [-0.25, -0.2) is 0 Å². The van der Waals surface area contributed by atoms with Crippen molar-refractivity contribution in [3.05, 3.63) is 16.6 Å². The van der Waals surface area contributed by atoms with E-state index in [1.807, 2.05) is 4.90 Å². The Bertz CT molecular complexity index is 341. The number of thiazole rings is 1. The third-order valence-electron chi connectivity index (χ3n) is 2.73. The molecule has 2 rings (SSSR count). The van der Waals surface area contributed by atoms with Crippen molar-refractivity contribution in [2.75, 3.05) is 6.54 Å². The number of hydrogen-bond donors (Lipinski definition) is 0. The lowest BCUT2D eigenvalue weighted by Crippen LogP contribution is -2.45. The van der Waals surface area contributed by atoms with Gasteiger partial charge >= 0.3 is 0 Å². The van der Waals surface area contributed by atoms with Crippen molar-refractivity contribution < 1.29 is 4.79 Å².